The largest absolute Gasteiger partial charge is 0.497 e. The van der Waals surface area contributed by atoms with Crippen LogP contribution in [-0.2, 0) is 6.18 Å². The maximum Gasteiger partial charge on any atom is 0.416 e. The highest BCUT2D eigenvalue weighted by Crippen LogP contribution is 2.33. The van der Waals surface area contributed by atoms with Crippen molar-refractivity contribution in [1.29, 1.82) is 0 Å². The molecule has 0 bridgehead atoms. The number of ether oxygens (including phenoxy) is 1. The molecule has 8 heteroatoms. The molecule has 1 aliphatic rings. The first kappa shape index (κ1) is 21.8. The van der Waals surface area contributed by atoms with Gasteiger partial charge in [0.25, 0.3) is 5.91 Å². The van der Waals surface area contributed by atoms with Gasteiger partial charge in [-0.2, -0.15) is 13.2 Å². The number of furan rings is 1. The van der Waals surface area contributed by atoms with Crippen LogP contribution < -0.4 is 9.64 Å². The van der Waals surface area contributed by atoms with E-state index in [9.17, 15) is 18.0 Å². The standard InChI is InChI=1S/C24H23F3N2O3/c1-31-20-8-6-19(7-9-20)28-12-3-13-29(15-14-28)23(30)22-11-10-21(32-22)17-4-2-5-18(16-17)24(25,26)27/h2,4-11,16H,3,12-15H2,1H3. The number of hydrogen-bond acceptors (Lipinski definition) is 4. The zero-order valence-corrected chi connectivity index (χ0v) is 17.6. The third kappa shape index (κ3) is 4.74. The molecule has 168 valence electrons. The number of carbonyl (C=O) groups excluding carboxylic acids is 1. The molecule has 1 fully saturated rings. The van der Waals surface area contributed by atoms with E-state index in [-0.39, 0.29) is 23.0 Å². The van der Waals surface area contributed by atoms with E-state index in [1.54, 1.807) is 12.0 Å². The van der Waals surface area contributed by atoms with E-state index >= 15 is 0 Å². The van der Waals surface area contributed by atoms with Gasteiger partial charge in [-0.05, 0) is 55.0 Å². The average Bonchev–Trinajstić information content (AvgIpc) is 3.16. The van der Waals surface area contributed by atoms with Crippen LogP contribution in [0.15, 0.2) is 65.1 Å². The lowest BCUT2D eigenvalue weighted by Gasteiger charge is -2.23. The lowest BCUT2D eigenvalue weighted by atomic mass is 10.1. The van der Waals surface area contributed by atoms with Crippen LogP contribution in [0.25, 0.3) is 11.3 Å². The highest BCUT2D eigenvalue weighted by Gasteiger charge is 2.31. The lowest BCUT2D eigenvalue weighted by molar-refractivity contribution is -0.137. The van der Waals surface area contributed by atoms with Gasteiger partial charge < -0.3 is 19.0 Å². The molecular formula is C24H23F3N2O3. The van der Waals surface area contributed by atoms with Crippen LogP contribution in [0.4, 0.5) is 18.9 Å². The Balaban J connectivity index is 1.44. The minimum absolute atomic E-state index is 0.121. The number of amides is 1. The first-order chi connectivity index (χ1) is 15.3. The molecule has 0 radical (unpaired) electrons. The summed E-state index contributed by atoms with van der Waals surface area (Å²) in [5.41, 5.74) is 0.579. The minimum Gasteiger partial charge on any atom is -0.497 e. The van der Waals surface area contributed by atoms with Crippen LogP contribution >= 0.6 is 0 Å². The Morgan fingerprint density at radius 3 is 2.47 bits per heavy atom. The Kier molecular flexibility index (Phi) is 6.12. The normalized spacial score (nSPS) is 14.9. The zero-order chi connectivity index (χ0) is 22.7. The Morgan fingerprint density at radius 2 is 1.75 bits per heavy atom. The number of hydrogen-bond donors (Lipinski definition) is 0. The lowest BCUT2D eigenvalue weighted by Crippen LogP contribution is -2.35. The smallest absolute Gasteiger partial charge is 0.416 e. The fourth-order valence-electron chi connectivity index (χ4n) is 3.78. The Bertz CT molecular complexity index is 1080. The molecule has 0 unspecified atom stereocenters. The second-order valence-electron chi connectivity index (χ2n) is 7.57. The third-order valence-electron chi connectivity index (χ3n) is 5.51. The quantitative estimate of drug-likeness (QED) is 0.546. The molecule has 0 saturated carbocycles. The van der Waals surface area contributed by atoms with Gasteiger partial charge in [-0.25, -0.2) is 0 Å². The van der Waals surface area contributed by atoms with Crippen LogP contribution in [0.2, 0.25) is 0 Å². The minimum atomic E-state index is -4.44. The summed E-state index contributed by atoms with van der Waals surface area (Å²) in [7, 11) is 1.62. The highest BCUT2D eigenvalue weighted by atomic mass is 19.4. The van der Waals surface area contributed by atoms with Crippen molar-refractivity contribution in [2.45, 2.75) is 12.6 Å². The molecule has 5 nitrogen and oxygen atoms in total. The van der Waals surface area contributed by atoms with E-state index in [4.69, 9.17) is 9.15 Å². The van der Waals surface area contributed by atoms with Crippen molar-refractivity contribution in [2.24, 2.45) is 0 Å². The van der Waals surface area contributed by atoms with Crippen molar-refractivity contribution < 1.29 is 27.1 Å². The first-order valence-corrected chi connectivity index (χ1v) is 10.3. The zero-order valence-electron chi connectivity index (χ0n) is 17.6. The molecule has 1 saturated heterocycles. The summed E-state index contributed by atoms with van der Waals surface area (Å²) in [4.78, 5) is 16.9. The van der Waals surface area contributed by atoms with Crippen LogP contribution in [0.3, 0.4) is 0 Å². The number of halogens is 3. The number of nitrogens with zero attached hydrogens (tertiary/aromatic N) is 2. The van der Waals surface area contributed by atoms with Gasteiger partial charge in [0.2, 0.25) is 0 Å². The third-order valence-corrected chi connectivity index (χ3v) is 5.51. The molecule has 32 heavy (non-hydrogen) atoms. The second-order valence-corrected chi connectivity index (χ2v) is 7.57. The van der Waals surface area contributed by atoms with Crippen LogP contribution in [0, 0.1) is 0 Å². The van der Waals surface area contributed by atoms with Gasteiger partial charge in [0, 0.05) is 37.4 Å². The predicted molar refractivity (Wildman–Crippen MR) is 115 cm³/mol. The van der Waals surface area contributed by atoms with Crippen molar-refractivity contribution in [3.05, 3.63) is 72.0 Å². The van der Waals surface area contributed by atoms with Crippen molar-refractivity contribution in [1.82, 2.24) is 4.90 Å². The summed E-state index contributed by atoms with van der Waals surface area (Å²) < 4.78 is 49.8. The van der Waals surface area contributed by atoms with Crippen molar-refractivity contribution in [3.63, 3.8) is 0 Å². The van der Waals surface area contributed by atoms with E-state index in [0.717, 1.165) is 36.5 Å². The fourth-order valence-corrected chi connectivity index (χ4v) is 3.78. The van der Waals surface area contributed by atoms with Gasteiger partial charge in [-0.1, -0.05) is 12.1 Å². The summed E-state index contributed by atoms with van der Waals surface area (Å²) in [6, 6.07) is 15.7. The Morgan fingerprint density at radius 1 is 0.969 bits per heavy atom. The number of anilines is 1. The number of rotatable bonds is 4. The summed E-state index contributed by atoms with van der Waals surface area (Å²) in [6.07, 6.45) is -3.65. The van der Waals surface area contributed by atoms with Gasteiger partial charge in [0.1, 0.15) is 11.5 Å². The monoisotopic (exact) mass is 444 g/mol. The predicted octanol–water partition coefficient (Wildman–Crippen LogP) is 5.33. The first-order valence-electron chi connectivity index (χ1n) is 10.3. The SMILES string of the molecule is COc1ccc(N2CCCN(C(=O)c3ccc(-c4cccc(C(F)(F)F)c4)o3)CC2)cc1. The molecule has 4 rings (SSSR count). The van der Waals surface area contributed by atoms with Crippen molar-refractivity contribution in [3.8, 4) is 17.1 Å². The number of alkyl halides is 3. The molecule has 0 atom stereocenters. The van der Waals surface area contributed by atoms with Gasteiger partial charge in [-0.15, -0.1) is 0 Å². The van der Waals surface area contributed by atoms with Crippen molar-refractivity contribution >= 4 is 11.6 Å². The fraction of sp³-hybridized carbons (Fsp3) is 0.292. The molecule has 1 aliphatic heterocycles. The topological polar surface area (TPSA) is 45.9 Å². The maximum absolute atomic E-state index is 13.0. The number of benzene rings is 2. The molecule has 0 N–H and O–H groups in total. The van der Waals surface area contributed by atoms with Gasteiger partial charge >= 0.3 is 6.18 Å². The summed E-state index contributed by atoms with van der Waals surface area (Å²) in [5.74, 6) is 0.874. The second kappa shape index (κ2) is 8.98. The van der Waals surface area contributed by atoms with Gasteiger partial charge in [-0.3, -0.25) is 4.79 Å². The Hall–Kier alpha value is -3.42. The molecule has 2 aromatic carbocycles. The molecule has 0 aliphatic carbocycles. The Labute approximate surface area is 184 Å². The molecule has 1 aromatic heterocycles. The molecule has 1 amide bonds. The maximum atomic E-state index is 13.0. The average molecular weight is 444 g/mol. The molecule has 2 heterocycles. The molecular weight excluding hydrogens is 421 g/mol. The van der Waals surface area contributed by atoms with Gasteiger partial charge in [0.15, 0.2) is 5.76 Å². The van der Waals surface area contributed by atoms with Crippen LogP contribution in [-0.4, -0.2) is 44.1 Å². The molecule has 0 spiro atoms. The van der Waals surface area contributed by atoms with Crippen molar-refractivity contribution in [2.75, 3.05) is 38.2 Å². The van der Waals surface area contributed by atoms with E-state index < -0.39 is 11.7 Å². The van der Waals surface area contributed by atoms with Gasteiger partial charge in [0.05, 0.1) is 12.7 Å². The van der Waals surface area contributed by atoms with E-state index in [1.165, 1.54) is 24.3 Å². The summed E-state index contributed by atoms with van der Waals surface area (Å²) in [6.45, 7) is 2.57. The number of methoxy groups -OCH3 is 1. The van der Waals surface area contributed by atoms with E-state index in [1.807, 2.05) is 24.3 Å². The van der Waals surface area contributed by atoms with E-state index in [2.05, 4.69) is 4.90 Å². The van der Waals surface area contributed by atoms with Crippen LogP contribution in [0.1, 0.15) is 22.5 Å². The summed E-state index contributed by atoms with van der Waals surface area (Å²) >= 11 is 0. The van der Waals surface area contributed by atoms with E-state index in [0.29, 0.717) is 19.6 Å². The summed E-state index contributed by atoms with van der Waals surface area (Å²) in [5, 5.41) is 0. The highest BCUT2D eigenvalue weighted by molar-refractivity contribution is 5.92. The number of carbonyl (C=O) groups is 1. The van der Waals surface area contributed by atoms with Crippen LogP contribution in [0.5, 0.6) is 5.75 Å². The molecule has 3 aromatic rings.